The summed E-state index contributed by atoms with van der Waals surface area (Å²) in [5.74, 6) is -1.47. The molecule has 0 spiro atoms. The van der Waals surface area contributed by atoms with Gasteiger partial charge in [0, 0.05) is 19.4 Å². The van der Waals surface area contributed by atoms with Crippen molar-refractivity contribution in [3.05, 3.63) is 23.3 Å². The van der Waals surface area contributed by atoms with E-state index in [4.69, 9.17) is 14.2 Å². The van der Waals surface area contributed by atoms with Crippen LogP contribution >= 0.6 is 15.9 Å². The molecule has 2 aliphatic rings. The summed E-state index contributed by atoms with van der Waals surface area (Å²) in [6.45, 7) is 10.9. The number of rotatable bonds is 6. The van der Waals surface area contributed by atoms with Gasteiger partial charge in [0.25, 0.3) is 0 Å². The molecule has 2 rings (SSSR count). The molecule has 1 saturated heterocycles. The van der Waals surface area contributed by atoms with Crippen LogP contribution in [-0.2, 0) is 28.6 Å². The van der Waals surface area contributed by atoms with Crippen molar-refractivity contribution in [2.24, 2.45) is 11.8 Å². The van der Waals surface area contributed by atoms with Crippen LogP contribution in [0.5, 0.6) is 0 Å². The molecule has 144 valence electrons. The van der Waals surface area contributed by atoms with Gasteiger partial charge in [0.1, 0.15) is 12.2 Å². The monoisotopic (exact) mass is 428 g/mol. The highest BCUT2D eigenvalue weighted by Crippen LogP contribution is 2.47. The van der Waals surface area contributed by atoms with Gasteiger partial charge < -0.3 is 14.2 Å². The highest BCUT2D eigenvalue weighted by atomic mass is 79.9. The zero-order valence-corrected chi connectivity index (χ0v) is 17.1. The van der Waals surface area contributed by atoms with E-state index in [1.54, 1.807) is 0 Å². The maximum atomic E-state index is 12.0. The van der Waals surface area contributed by atoms with Gasteiger partial charge in [-0.25, -0.2) is 4.79 Å². The Balaban J connectivity index is 2.27. The Labute approximate surface area is 162 Å². The lowest BCUT2D eigenvalue weighted by Gasteiger charge is -2.39. The number of alkyl halides is 1. The van der Waals surface area contributed by atoms with E-state index in [9.17, 15) is 14.4 Å². The molecular formula is C19H25BrO6. The fourth-order valence-electron chi connectivity index (χ4n) is 3.77. The Bertz CT molecular complexity index is 652. The molecule has 0 aromatic heterocycles. The second-order valence-electron chi connectivity index (χ2n) is 6.87. The van der Waals surface area contributed by atoms with Crippen LogP contribution < -0.4 is 0 Å². The maximum Gasteiger partial charge on any atom is 0.334 e. The number of ether oxygens (including phenoxy) is 3. The summed E-state index contributed by atoms with van der Waals surface area (Å²) in [6, 6.07) is 0. The molecule has 5 atom stereocenters. The number of hydrogen-bond donors (Lipinski definition) is 0. The third kappa shape index (κ3) is 4.19. The minimum absolute atomic E-state index is 0.0828. The molecule has 6 nitrogen and oxygen atoms in total. The molecule has 0 bridgehead atoms. The van der Waals surface area contributed by atoms with Crippen molar-refractivity contribution in [3.8, 4) is 0 Å². The maximum absolute atomic E-state index is 12.0. The lowest BCUT2D eigenvalue weighted by Crippen LogP contribution is -2.45. The first-order valence-electron chi connectivity index (χ1n) is 8.70. The van der Waals surface area contributed by atoms with Gasteiger partial charge in [0.05, 0.1) is 17.4 Å². The van der Waals surface area contributed by atoms with Gasteiger partial charge in [0.15, 0.2) is 0 Å². The standard InChI is InChI=1S/C19H25BrO6/c1-9(7-6-8-24-12(4)21)14-10(2)16(20)18-15(11(3)19(23)26-18)17(14)25-13(5)22/h9,15-18H,3,6-8H2,1-2,4-5H3/t9-,15-,16-,17+,18-/m0/s1. The van der Waals surface area contributed by atoms with Crippen molar-refractivity contribution in [2.75, 3.05) is 6.61 Å². The summed E-state index contributed by atoms with van der Waals surface area (Å²) in [5, 5.41) is 0. The predicted molar refractivity (Wildman–Crippen MR) is 98.5 cm³/mol. The summed E-state index contributed by atoms with van der Waals surface area (Å²) in [7, 11) is 0. The van der Waals surface area contributed by atoms with Crippen molar-refractivity contribution < 1.29 is 28.6 Å². The molecule has 1 aliphatic heterocycles. The normalized spacial score (nSPS) is 29.1. The van der Waals surface area contributed by atoms with E-state index < -0.39 is 30.1 Å². The Hall–Kier alpha value is -1.63. The number of carbonyl (C=O) groups excluding carboxylic acids is 3. The van der Waals surface area contributed by atoms with E-state index in [1.807, 2.05) is 13.8 Å². The minimum atomic E-state index is -0.575. The van der Waals surface area contributed by atoms with Gasteiger partial charge >= 0.3 is 17.9 Å². The van der Waals surface area contributed by atoms with Gasteiger partial charge in [0.2, 0.25) is 0 Å². The molecular weight excluding hydrogens is 404 g/mol. The zero-order valence-electron chi connectivity index (χ0n) is 15.5. The topological polar surface area (TPSA) is 78.9 Å². The largest absolute Gasteiger partial charge is 0.466 e. The quantitative estimate of drug-likeness (QED) is 0.161. The van der Waals surface area contributed by atoms with Crippen molar-refractivity contribution in [2.45, 2.75) is 57.6 Å². The highest BCUT2D eigenvalue weighted by Gasteiger charge is 2.53. The summed E-state index contributed by atoms with van der Waals surface area (Å²) in [4.78, 5) is 34.5. The van der Waals surface area contributed by atoms with E-state index in [1.165, 1.54) is 13.8 Å². The second kappa shape index (κ2) is 8.37. The Kier molecular flexibility index (Phi) is 6.66. The molecule has 1 heterocycles. The van der Waals surface area contributed by atoms with Gasteiger partial charge in [-0.3, -0.25) is 9.59 Å². The fourth-order valence-corrected chi connectivity index (χ4v) is 4.47. The van der Waals surface area contributed by atoms with Gasteiger partial charge in [-0.1, -0.05) is 35.0 Å². The zero-order chi connectivity index (χ0) is 19.6. The molecule has 1 aliphatic carbocycles. The lowest BCUT2D eigenvalue weighted by atomic mass is 9.73. The molecule has 7 heteroatoms. The van der Waals surface area contributed by atoms with Gasteiger partial charge in [-0.2, -0.15) is 0 Å². The van der Waals surface area contributed by atoms with E-state index >= 15 is 0 Å². The minimum Gasteiger partial charge on any atom is -0.466 e. The van der Waals surface area contributed by atoms with E-state index in [2.05, 4.69) is 22.5 Å². The number of esters is 3. The average Bonchev–Trinajstić information content (AvgIpc) is 2.84. The number of hydrogen-bond acceptors (Lipinski definition) is 6. The van der Waals surface area contributed by atoms with E-state index in [-0.39, 0.29) is 16.7 Å². The molecule has 0 aromatic carbocycles. The summed E-state index contributed by atoms with van der Waals surface area (Å²) < 4.78 is 16.1. The summed E-state index contributed by atoms with van der Waals surface area (Å²) in [5.41, 5.74) is 2.31. The first kappa shape index (κ1) is 20.7. The number of halogens is 1. The molecule has 0 aromatic rings. The highest BCUT2D eigenvalue weighted by molar-refractivity contribution is 9.09. The van der Waals surface area contributed by atoms with Crippen LogP contribution in [0.25, 0.3) is 0 Å². The van der Waals surface area contributed by atoms with E-state index in [0.717, 1.165) is 17.6 Å². The van der Waals surface area contributed by atoms with Crippen molar-refractivity contribution in [3.63, 3.8) is 0 Å². The Morgan fingerprint density at radius 1 is 1.31 bits per heavy atom. The number of carbonyl (C=O) groups is 3. The van der Waals surface area contributed by atoms with Crippen LogP contribution in [-0.4, -0.2) is 41.5 Å². The summed E-state index contributed by atoms with van der Waals surface area (Å²) >= 11 is 3.63. The Morgan fingerprint density at radius 2 is 1.96 bits per heavy atom. The predicted octanol–water partition coefficient (Wildman–Crippen LogP) is 3.09. The molecule has 0 unspecified atom stereocenters. The number of fused-ring (bicyclic) bond motifs is 1. The second-order valence-corrected chi connectivity index (χ2v) is 7.86. The molecule has 0 radical (unpaired) electrons. The van der Waals surface area contributed by atoms with Crippen molar-refractivity contribution in [1.82, 2.24) is 0 Å². The van der Waals surface area contributed by atoms with Crippen LogP contribution in [0.2, 0.25) is 0 Å². The SMILES string of the molecule is C=C1C(=O)O[C@H]2[C@@H]1[C@H](OC(C)=O)C([C@@H](C)CCCOC(C)=O)=C(C)[C@@H]2Br. The molecule has 0 amide bonds. The van der Waals surface area contributed by atoms with Crippen LogP contribution in [0.1, 0.15) is 40.5 Å². The Morgan fingerprint density at radius 3 is 2.54 bits per heavy atom. The van der Waals surface area contributed by atoms with Gasteiger partial charge in [-0.05, 0) is 31.3 Å². The van der Waals surface area contributed by atoms with Crippen LogP contribution in [0.4, 0.5) is 0 Å². The van der Waals surface area contributed by atoms with Crippen LogP contribution in [0.3, 0.4) is 0 Å². The van der Waals surface area contributed by atoms with Gasteiger partial charge in [-0.15, -0.1) is 0 Å². The molecule has 26 heavy (non-hydrogen) atoms. The first-order valence-corrected chi connectivity index (χ1v) is 9.61. The fraction of sp³-hybridized carbons (Fsp3) is 0.632. The first-order chi connectivity index (χ1) is 12.1. The summed E-state index contributed by atoms with van der Waals surface area (Å²) in [6.07, 6.45) is 0.447. The van der Waals surface area contributed by atoms with Crippen LogP contribution in [0.15, 0.2) is 23.3 Å². The van der Waals surface area contributed by atoms with E-state index in [0.29, 0.717) is 18.6 Å². The average molecular weight is 429 g/mol. The third-order valence-electron chi connectivity index (χ3n) is 4.96. The molecule has 0 N–H and O–H groups in total. The molecule has 0 saturated carbocycles. The smallest absolute Gasteiger partial charge is 0.334 e. The third-order valence-corrected chi connectivity index (χ3v) is 6.17. The van der Waals surface area contributed by atoms with Crippen molar-refractivity contribution in [1.29, 1.82) is 0 Å². The van der Waals surface area contributed by atoms with Crippen LogP contribution in [0, 0.1) is 11.8 Å². The van der Waals surface area contributed by atoms with Crippen molar-refractivity contribution >= 4 is 33.8 Å². The molecule has 1 fully saturated rings. The lowest BCUT2D eigenvalue weighted by molar-refractivity contribution is -0.149.